The molecule has 0 radical (unpaired) electrons. The van der Waals surface area contributed by atoms with Crippen molar-refractivity contribution in [3.05, 3.63) is 0 Å². The molecule has 0 spiro atoms. The zero-order valence-electron chi connectivity index (χ0n) is 16.1. The number of carbonyl (C=O) groups is 1. The van der Waals surface area contributed by atoms with E-state index in [1.165, 1.54) is 44.9 Å². The first-order valence-electron chi connectivity index (χ1n) is 10.3. The topological polar surface area (TPSA) is 54.3 Å². The molecule has 0 aromatic carbocycles. The monoisotopic (exact) mass is 377 g/mol. The standard InChI is InChI=1S/C19H31N5OS/c1-14(17(25)22(2)15-8-4-3-5-9-15)26-19-21-20-18(23-12-6-7-13-23)24(19)16-10-11-16/h14-16H,3-13H2,1-2H3/t14-/m1/s1. The van der Waals surface area contributed by atoms with Gasteiger partial charge in [-0.25, -0.2) is 0 Å². The molecule has 144 valence electrons. The van der Waals surface area contributed by atoms with Crippen molar-refractivity contribution in [3.8, 4) is 0 Å². The van der Waals surface area contributed by atoms with Crippen molar-refractivity contribution in [2.45, 2.75) is 87.2 Å². The van der Waals surface area contributed by atoms with Crippen molar-refractivity contribution in [2.75, 3.05) is 25.0 Å². The summed E-state index contributed by atoms with van der Waals surface area (Å²) in [4.78, 5) is 17.3. The minimum absolute atomic E-state index is 0.116. The largest absolute Gasteiger partial charge is 0.342 e. The van der Waals surface area contributed by atoms with Crippen LogP contribution in [0.2, 0.25) is 0 Å². The lowest BCUT2D eigenvalue weighted by Gasteiger charge is -2.32. The number of carbonyl (C=O) groups excluding carboxylic acids is 1. The predicted molar refractivity (Wildman–Crippen MR) is 105 cm³/mol. The Bertz CT molecular complexity index is 632. The van der Waals surface area contributed by atoms with Gasteiger partial charge in [0.25, 0.3) is 0 Å². The van der Waals surface area contributed by atoms with E-state index in [4.69, 9.17) is 0 Å². The fraction of sp³-hybridized carbons (Fsp3) is 0.842. The summed E-state index contributed by atoms with van der Waals surface area (Å²) in [6, 6.07) is 0.947. The van der Waals surface area contributed by atoms with Gasteiger partial charge in [0.2, 0.25) is 11.9 Å². The first kappa shape index (κ1) is 18.1. The van der Waals surface area contributed by atoms with Gasteiger partial charge >= 0.3 is 0 Å². The number of hydrogen-bond acceptors (Lipinski definition) is 5. The van der Waals surface area contributed by atoms with Crippen molar-refractivity contribution < 1.29 is 4.79 Å². The van der Waals surface area contributed by atoms with Gasteiger partial charge in [-0.05, 0) is 45.4 Å². The molecular formula is C19H31N5OS. The van der Waals surface area contributed by atoms with Gasteiger partial charge in [-0.2, -0.15) is 0 Å². The van der Waals surface area contributed by atoms with Gasteiger partial charge in [-0.15, -0.1) is 10.2 Å². The number of amides is 1. The first-order valence-corrected chi connectivity index (χ1v) is 11.2. The molecule has 1 aliphatic heterocycles. The first-order chi connectivity index (χ1) is 12.6. The van der Waals surface area contributed by atoms with E-state index < -0.39 is 0 Å². The molecule has 26 heavy (non-hydrogen) atoms. The lowest BCUT2D eigenvalue weighted by Crippen LogP contribution is -2.42. The van der Waals surface area contributed by atoms with E-state index in [0.717, 1.165) is 37.0 Å². The third-order valence-corrected chi connectivity index (χ3v) is 7.09. The van der Waals surface area contributed by atoms with Crippen LogP contribution in [0.4, 0.5) is 5.95 Å². The molecule has 1 aromatic rings. The molecule has 6 nitrogen and oxygen atoms in total. The van der Waals surface area contributed by atoms with Crippen molar-refractivity contribution in [1.29, 1.82) is 0 Å². The maximum Gasteiger partial charge on any atom is 0.235 e. The van der Waals surface area contributed by atoms with E-state index in [9.17, 15) is 4.79 Å². The fourth-order valence-electron chi connectivity index (χ4n) is 4.28. The zero-order valence-corrected chi connectivity index (χ0v) is 16.9. The molecule has 0 N–H and O–H groups in total. The summed E-state index contributed by atoms with van der Waals surface area (Å²) in [6.45, 7) is 4.18. The van der Waals surface area contributed by atoms with Gasteiger partial charge in [0.05, 0.1) is 5.25 Å². The molecule has 3 aliphatic rings. The lowest BCUT2D eigenvalue weighted by atomic mass is 9.94. The highest BCUT2D eigenvalue weighted by molar-refractivity contribution is 8.00. The van der Waals surface area contributed by atoms with Gasteiger partial charge < -0.3 is 9.80 Å². The summed E-state index contributed by atoms with van der Waals surface area (Å²) in [5.74, 6) is 1.25. The minimum atomic E-state index is -0.116. The molecule has 1 atom stereocenters. The van der Waals surface area contributed by atoms with E-state index in [1.54, 1.807) is 11.8 Å². The van der Waals surface area contributed by atoms with Crippen LogP contribution < -0.4 is 4.90 Å². The van der Waals surface area contributed by atoms with E-state index in [2.05, 4.69) is 19.7 Å². The molecule has 4 rings (SSSR count). The number of nitrogens with zero attached hydrogens (tertiary/aromatic N) is 5. The van der Waals surface area contributed by atoms with Gasteiger partial charge in [-0.1, -0.05) is 31.0 Å². The van der Waals surface area contributed by atoms with Crippen molar-refractivity contribution in [1.82, 2.24) is 19.7 Å². The molecule has 0 bridgehead atoms. The molecule has 2 heterocycles. The summed E-state index contributed by atoms with van der Waals surface area (Å²) in [7, 11) is 1.98. The summed E-state index contributed by atoms with van der Waals surface area (Å²) >= 11 is 1.59. The number of thioether (sulfide) groups is 1. The molecule has 3 fully saturated rings. The van der Waals surface area contributed by atoms with Crippen LogP contribution in [0.25, 0.3) is 0 Å². The molecule has 1 saturated heterocycles. The number of aromatic nitrogens is 3. The number of rotatable bonds is 6. The molecule has 0 unspecified atom stereocenters. The summed E-state index contributed by atoms with van der Waals surface area (Å²) < 4.78 is 2.31. The second kappa shape index (κ2) is 7.79. The highest BCUT2D eigenvalue weighted by atomic mass is 32.2. The zero-order chi connectivity index (χ0) is 18.1. The predicted octanol–water partition coefficient (Wildman–Crippen LogP) is 3.48. The molecule has 1 aromatic heterocycles. The third-order valence-electron chi connectivity index (χ3n) is 6.05. The molecule has 2 saturated carbocycles. The van der Waals surface area contributed by atoms with Crippen molar-refractivity contribution >= 4 is 23.6 Å². The lowest BCUT2D eigenvalue weighted by molar-refractivity contribution is -0.131. The van der Waals surface area contributed by atoms with Crippen LogP contribution in [-0.4, -0.2) is 57.0 Å². The Morgan fingerprint density at radius 1 is 1.08 bits per heavy atom. The molecule has 7 heteroatoms. The quantitative estimate of drug-likeness (QED) is 0.711. The fourth-order valence-corrected chi connectivity index (χ4v) is 5.29. The Morgan fingerprint density at radius 3 is 2.42 bits per heavy atom. The van der Waals surface area contributed by atoms with Crippen molar-refractivity contribution in [2.24, 2.45) is 0 Å². The van der Waals surface area contributed by atoms with Gasteiger partial charge in [0.1, 0.15) is 0 Å². The van der Waals surface area contributed by atoms with Crippen LogP contribution in [0, 0.1) is 0 Å². The summed E-state index contributed by atoms with van der Waals surface area (Å²) in [6.07, 6.45) is 11.0. The van der Waals surface area contributed by atoms with Crippen LogP contribution in [0.3, 0.4) is 0 Å². The Hall–Kier alpha value is -1.24. The Morgan fingerprint density at radius 2 is 1.77 bits per heavy atom. The Labute approximate surface area is 160 Å². The van der Waals surface area contributed by atoms with Crippen LogP contribution in [-0.2, 0) is 4.79 Å². The second-order valence-corrected chi connectivity index (χ2v) is 9.39. The Balaban J connectivity index is 1.45. The summed E-state index contributed by atoms with van der Waals surface area (Å²) in [5.41, 5.74) is 0. The highest BCUT2D eigenvalue weighted by Gasteiger charge is 2.34. The average molecular weight is 378 g/mol. The number of anilines is 1. The highest BCUT2D eigenvalue weighted by Crippen LogP contribution is 2.42. The van der Waals surface area contributed by atoms with Crippen LogP contribution in [0.15, 0.2) is 5.16 Å². The maximum atomic E-state index is 12.9. The summed E-state index contributed by atoms with van der Waals surface area (Å²) in [5, 5.41) is 9.79. The van der Waals surface area contributed by atoms with Crippen molar-refractivity contribution in [3.63, 3.8) is 0 Å². The van der Waals surface area contributed by atoms with E-state index in [1.807, 2.05) is 18.9 Å². The van der Waals surface area contributed by atoms with E-state index >= 15 is 0 Å². The van der Waals surface area contributed by atoms with Crippen LogP contribution in [0.5, 0.6) is 0 Å². The third kappa shape index (κ3) is 3.73. The van der Waals surface area contributed by atoms with Crippen LogP contribution in [0.1, 0.15) is 70.8 Å². The van der Waals surface area contributed by atoms with E-state index in [0.29, 0.717) is 12.1 Å². The average Bonchev–Trinajstić information content (AvgIpc) is 3.19. The van der Waals surface area contributed by atoms with Gasteiger partial charge in [-0.3, -0.25) is 9.36 Å². The number of hydrogen-bond donors (Lipinski definition) is 0. The molecule has 2 aliphatic carbocycles. The van der Waals surface area contributed by atoms with Gasteiger partial charge in [0, 0.05) is 32.2 Å². The van der Waals surface area contributed by atoms with E-state index in [-0.39, 0.29) is 11.2 Å². The SMILES string of the molecule is C[C@@H](Sc1nnc(N2CCCC2)n1C1CC1)C(=O)N(C)C1CCCCC1. The Kier molecular flexibility index (Phi) is 5.43. The maximum absolute atomic E-state index is 12.9. The minimum Gasteiger partial charge on any atom is -0.342 e. The van der Waals surface area contributed by atoms with Crippen LogP contribution >= 0.6 is 11.8 Å². The molecular weight excluding hydrogens is 346 g/mol. The van der Waals surface area contributed by atoms with Gasteiger partial charge in [0.15, 0.2) is 5.16 Å². The smallest absolute Gasteiger partial charge is 0.235 e. The molecule has 1 amide bonds. The second-order valence-electron chi connectivity index (χ2n) is 8.08. The normalized spacial score (nSPS) is 22.6.